The molecule has 3 atom stereocenters. The minimum Gasteiger partial charge on any atom is -0.468 e. The molecule has 6 nitrogen and oxygen atoms in total. The second-order valence-electron chi connectivity index (χ2n) is 6.76. The highest BCUT2D eigenvalue weighted by Crippen LogP contribution is 2.36. The Morgan fingerprint density at radius 1 is 1.44 bits per heavy atom. The Hall–Kier alpha value is -2.42. The van der Waals surface area contributed by atoms with E-state index < -0.39 is 12.8 Å². The van der Waals surface area contributed by atoms with Crippen LogP contribution in [0.2, 0.25) is 0 Å². The summed E-state index contributed by atoms with van der Waals surface area (Å²) < 4.78 is 41.7. The molecule has 1 aromatic rings. The molecule has 1 saturated heterocycles. The molecule has 9 heteroatoms. The molecule has 27 heavy (non-hydrogen) atoms. The first-order valence-corrected chi connectivity index (χ1v) is 8.61. The van der Waals surface area contributed by atoms with Crippen molar-refractivity contribution < 1.29 is 22.7 Å². The van der Waals surface area contributed by atoms with E-state index in [0.29, 0.717) is 18.7 Å². The first kappa shape index (κ1) is 19.3. The van der Waals surface area contributed by atoms with Gasteiger partial charge in [0.05, 0.1) is 12.0 Å². The van der Waals surface area contributed by atoms with Crippen LogP contribution in [0.15, 0.2) is 29.5 Å². The molecular formula is C18H21F3N4O2. The van der Waals surface area contributed by atoms with Gasteiger partial charge in [-0.1, -0.05) is 6.08 Å². The van der Waals surface area contributed by atoms with Gasteiger partial charge in [-0.15, -0.1) is 0 Å². The van der Waals surface area contributed by atoms with Crippen molar-refractivity contribution in [1.82, 2.24) is 9.88 Å². The van der Waals surface area contributed by atoms with Gasteiger partial charge in [0.25, 0.3) is 0 Å². The van der Waals surface area contributed by atoms with E-state index in [4.69, 9.17) is 10.5 Å². The van der Waals surface area contributed by atoms with Gasteiger partial charge < -0.3 is 15.4 Å². The standard InChI is InChI=1S/C18H21F3N4O2/c1-10-5-12(7-24-16(10)27-9-18(19,20)21)11(2)25-8-14-13(17(25)26)3-4-23-15(14)6-22/h3-5,7,11,13-14H,6,8-9,22H2,1-2H3. The maximum atomic E-state index is 12.8. The molecule has 0 aliphatic carbocycles. The minimum absolute atomic E-state index is 0.0142. The summed E-state index contributed by atoms with van der Waals surface area (Å²) in [7, 11) is 0. The predicted molar refractivity (Wildman–Crippen MR) is 93.3 cm³/mol. The van der Waals surface area contributed by atoms with Crippen LogP contribution in [0.1, 0.15) is 24.1 Å². The summed E-state index contributed by atoms with van der Waals surface area (Å²) in [6, 6.07) is 1.42. The number of rotatable bonds is 5. The highest BCUT2D eigenvalue weighted by Gasteiger charge is 2.44. The molecule has 0 aromatic carbocycles. The van der Waals surface area contributed by atoms with Crippen LogP contribution in [-0.4, -0.2) is 47.4 Å². The molecule has 3 heterocycles. The van der Waals surface area contributed by atoms with E-state index in [2.05, 4.69) is 9.98 Å². The number of carbonyl (C=O) groups is 1. The van der Waals surface area contributed by atoms with Crippen molar-refractivity contribution in [3.63, 3.8) is 0 Å². The summed E-state index contributed by atoms with van der Waals surface area (Å²) in [5, 5.41) is 0. The summed E-state index contributed by atoms with van der Waals surface area (Å²) in [5.74, 6) is -0.393. The van der Waals surface area contributed by atoms with Crippen molar-refractivity contribution >= 4 is 11.6 Å². The van der Waals surface area contributed by atoms with Gasteiger partial charge in [-0.05, 0) is 25.5 Å². The molecule has 146 valence electrons. The van der Waals surface area contributed by atoms with Crippen LogP contribution in [0.5, 0.6) is 5.88 Å². The summed E-state index contributed by atoms with van der Waals surface area (Å²) in [6.45, 7) is 2.90. The van der Waals surface area contributed by atoms with Gasteiger partial charge in [0.1, 0.15) is 0 Å². The van der Waals surface area contributed by atoms with E-state index in [9.17, 15) is 18.0 Å². The first-order chi connectivity index (χ1) is 12.7. The molecule has 2 aliphatic heterocycles. The lowest BCUT2D eigenvalue weighted by Crippen LogP contribution is -2.31. The van der Waals surface area contributed by atoms with Crippen molar-refractivity contribution in [2.24, 2.45) is 22.6 Å². The second-order valence-corrected chi connectivity index (χ2v) is 6.76. The molecule has 0 radical (unpaired) electrons. The molecule has 1 aromatic heterocycles. The minimum atomic E-state index is -4.42. The number of nitrogens with zero attached hydrogens (tertiary/aromatic N) is 3. The lowest BCUT2D eigenvalue weighted by atomic mass is 9.89. The number of aryl methyl sites for hydroxylation is 1. The average Bonchev–Trinajstić information content (AvgIpc) is 2.96. The number of carbonyl (C=O) groups excluding carboxylic acids is 1. The Morgan fingerprint density at radius 2 is 2.19 bits per heavy atom. The lowest BCUT2D eigenvalue weighted by molar-refractivity contribution is -0.154. The van der Waals surface area contributed by atoms with E-state index in [-0.39, 0.29) is 29.7 Å². The number of alkyl halides is 3. The van der Waals surface area contributed by atoms with Crippen molar-refractivity contribution in [3.8, 4) is 5.88 Å². The van der Waals surface area contributed by atoms with Crippen LogP contribution >= 0.6 is 0 Å². The number of ether oxygens (including phenoxy) is 1. The second kappa shape index (κ2) is 7.30. The number of hydrogen-bond donors (Lipinski definition) is 1. The number of aromatic nitrogens is 1. The number of aliphatic imine (C=N–C) groups is 1. The third-order valence-electron chi connectivity index (χ3n) is 4.94. The van der Waals surface area contributed by atoms with Crippen LogP contribution in [0.25, 0.3) is 0 Å². The fourth-order valence-electron chi connectivity index (χ4n) is 3.48. The molecule has 3 unspecified atom stereocenters. The van der Waals surface area contributed by atoms with E-state index in [1.54, 1.807) is 30.2 Å². The summed E-state index contributed by atoms with van der Waals surface area (Å²) in [4.78, 5) is 22.8. The molecule has 3 rings (SSSR count). The van der Waals surface area contributed by atoms with Crippen molar-refractivity contribution in [3.05, 3.63) is 35.7 Å². The Labute approximate surface area is 154 Å². The van der Waals surface area contributed by atoms with E-state index >= 15 is 0 Å². The van der Waals surface area contributed by atoms with Gasteiger partial charge in [-0.25, -0.2) is 4.98 Å². The number of amides is 1. The molecule has 2 N–H and O–H groups in total. The lowest BCUT2D eigenvalue weighted by Gasteiger charge is -2.25. The third-order valence-corrected chi connectivity index (χ3v) is 4.94. The Morgan fingerprint density at radius 3 is 2.81 bits per heavy atom. The topological polar surface area (TPSA) is 80.8 Å². The summed E-state index contributed by atoms with van der Waals surface area (Å²) >= 11 is 0. The van der Waals surface area contributed by atoms with E-state index in [0.717, 1.165) is 11.3 Å². The third kappa shape index (κ3) is 3.97. The monoisotopic (exact) mass is 382 g/mol. The van der Waals surface area contributed by atoms with Crippen molar-refractivity contribution in [2.45, 2.75) is 26.1 Å². The largest absolute Gasteiger partial charge is 0.468 e. The van der Waals surface area contributed by atoms with Gasteiger partial charge in [0, 0.05) is 42.7 Å². The molecular weight excluding hydrogens is 361 g/mol. The highest BCUT2D eigenvalue weighted by atomic mass is 19.4. The van der Waals surface area contributed by atoms with E-state index in [1.807, 2.05) is 6.92 Å². The fourth-order valence-corrected chi connectivity index (χ4v) is 3.48. The molecule has 0 saturated carbocycles. The summed E-state index contributed by atoms with van der Waals surface area (Å²) in [5.41, 5.74) is 7.75. The van der Waals surface area contributed by atoms with Crippen LogP contribution in [0.3, 0.4) is 0 Å². The first-order valence-electron chi connectivity index (χ1n) is 8.61. The van der Waals surface area contributed by atoms with Gasteiger partial charge >= 0.3 is 6.18 Å². The van der Waals surface area contributed by atoms with Crippen molar-refractivity contribution in [2.75, 3.05) is 19.7 Å². The van der Waals surface area contributed by atoms with Crippen molar-refractivity contribution in [1.29, 1.82) is 0 Å². The molecule has 1 amide bonds. The Kier molecular flexibility index (Phi) is 5.23. The van der Waals surface area contributed by atoms with Crippen LogP contribution in [0.4, 0.5) is 13.2 Å². The van der Waals surface area contributed by atoms with Crippen LogP contribution in [-0.2, 0) is 4.79 Å². The average molecular weight is 382 g/mol. The number of fused-ring (bicyclic) bond motifs is 1. The predicted octanol–water partition coefficient (Wildman–Crippen LogP) is 2.39. The van der Waals surface area contributed by atoms with Gasteiger partial charge in [-0.2, -0.15) is 13.2 Å². The number of nitrogens with two attached hydrogens (primary N) is 1. The van der Waals surface area contributed by atoms with E-state index in [1.165, 1.54) is 6.20 Å². The normalized spacial score (nSPS) is 23.3. The van der Waals surface area contributed by atoms with Crippen LogP contribution < -0.4 is 10.5 Å². The summed E-state index contributed by atoms with van der Waals surface area (Å²) in [6.07, 6.45) is 0.435. The fraction of sp³-hybridized carbons (Fsp3) is 0.500. The molecule has 2 aliphatic rings. The van der Waals surface area contributed by atoms with Gasteiger partial charge in [-0.3, -0.25) is 9.79 Å². The molecule has 1 fully saturated rings. The number of hydrogen-bond acceptors (Lipinski definition) is 5. The quantitative estimate of drug-likeness (QED) is 0.848. The maximum absolute atomic E-state index is 12.8. The van der Waals surface area contributed by atoms with Gasteiger partial charge in [0.15, 0.2) is 6.61 Å². The zero-order valence-corrected chi connectivity index (χ0v) is 15.0. The smallest absolute Gasteiger partial charge is 0.422 e. The SMILES string of the molecule is Cc1cc(C(C)N2CC3C(CN)=NC=CC3C2=O)cnc1OCC(F)(F)F. The van der Waals surface area contributed by atoms with Crippen LogP contribution in [0, 0.1) is 18.8 Å². The zero-order valence-electron chi connectivity index (χ0n) is 15.0. The molecule has 0 bridgehead atoms. The maximum Gasteiger partial charge on any atom is 0.422 e. The molecule has 0 spiro atoms. The Bertz CT molecular complexity index is 791. The zero-order chi connectivity index (χ0) is 19.8. The highest BCUT2D eigenvalue weighted by molar-refractivity contribution is 5.98. The Balaban J connectivity index is 1.75. The number of likely N-dealkylation sites (tertiary alicyclic amines) is 1. The van der Waals surface area contributed by atoms with Gasteiger partial charge in [0.2, 0.25) is 11.8 Å². The number of pyridine rings is 1. The number of halogens is 3.